The Labute approximate surface area is 114 Å². The van der Waals surface area contributed by atoms with Gasteiger partial charge in [0.15, 0.2) is 0 Å². The Balaban J connectivity index is -0.00000000500. The van der Waals surface area contributed by atoms with Gasteiger partial charge in [0.25, 0.3) is 0 Å². The van der Waals surface area contributed by atoms with Crippen LogP contribution >= 0.6 is 0 Å². The van der Waals surface area contributed by atoms with Gasteiger partial charge >= 0.3 is 68.2 Å². The molecule has 0 N–H and O–H groups in total. The van der Waals surface area contributed by atoms with Crippen LogP contribution in [0, 0.1) is 47.3 Å². The van der Waals surface area contributed by atoms with Gasteiger partial charge in [0.1, 0.15) is 0 Å². The van der Waals surface area contributed by atoms with Crippen LogP contribution in [0.25, 0.3) is 0 Å². The molecule has 0 bridgehead atoms. The minimum atomic E-state index is 0. The average Bonchev–Trinajstić information content (AvgIpc) is 2.03. The molecule has 0 aliphatic rings. The van der Waals surface area contributed by atoms with Crippen molar-refractivity contribution in [2.45, 2.75) is 0 Å². The van der Waals surface area contributed by atoms with E-state index in [1.165, 1.54) is 0 Å². The Kier molecular flexibility index (Phi) is 281000. The normalized spacial score (nSPS) is 0.800. The third-order valence-electron chi connectivity index (χ3n) is 0. The molecule has 46 valence electrons. The van der Waals surface area contributed by atoms with Gasteiger partial charge in [-0.2, -0.15) is 0 Å². The zero-order chi connectivity index (χ0) is 8.00. The monoisotopic (exact) mass is 202 g/mol. The van der Waals surface area contributed by atoms with E-state index in [-0.39, 0.29) is 68.2 Å². The summed E-state index contributed by atoms with van der Waals surface area (Å²) in [6, 6.07) is 0. The van der Waals surface area contributed by atoms with E-state index in [0.29, 0.717) is 0 Å². The predicted octanol–water partition coefficient (Wildman–Crippen LogP) is -2.61. The molecular formula is C4CoKN4. The molecule has 0 aliphatic carbocycles. The molecule has 10 heavy (non-hydrogen) atoms. The molecule has 0 atom stereocenters. The van der Waals surface area contributed by atoms with Crippen molar-refractivity contribution in [2.75, 3.05) is 0 Å². The molecule has 0 heterocycles. The van der Waals surface area contributed by atoms with Crippen LogP contribution in [0.1, 0.15) is 0 Å². The smallest absolute Gasteiger partial charge is 0.512 e. The molecule has 0 aromatic carbocycles. The maximum absolute atomic E-state index is 6.25. The molecule has 4 nitrogen and oxygen atoms in total. The molecular weight excluding hydrogens is 202 g/mol. The number of rotatable bonds is 0. The van der Waals surface area contributed by atoms with E-state index < -0.39 is 0 Å². The summed E-state index contributed by atoms with van der Waals surface area (Å²) in [6.07, 6.45) is 0. The van der Waals surface area contributed by atoms with Gasteiger partial charge in [0.05, 0.1) is 0 Å². The van der Waals surface area contributed by atoms with Crippen molar-refractivity contribution in [3.05, 3.63) is 26.3 Å². The SMILES string of the molecule is [C-]#N.[C-]#N.[C-]#N.[C-]#N.[Co+3].[K+]. The molecule has 0 fully saturated rings. The van der Waals surface area contributed by atoms with Crippen LogP contribution < -0.4 is 51.4 Å². The Morgan fingerprint density at radius 2 is 0.500 bits per heavy atom. The molecule has 0 radical (unpaired) electrons. The van der Waals surface area contributed by atoms with Crippen molar-refractivity contribution < 1.29 is 68.2 Å². The maximum atomic E-state index is 6.25. The minimum absolute atomic E-state index is 0. The minimum Gasteiger partial charge on any atom is -0.512 e. The van der Waals surface area contributed by atoms with Gasteiger partial charge in [-0.15, -0.1) is 0 Å². The third kappa shape index (κ3) is 38600. The summed E-state index contributed by atoms with van der Waals surface area (Å²) in [5, 5.41) is 25.0. The summed E-state index contributed by atoms with van der Waals surface area (Å²) in [6.45, 7) is 19.0. The molecule has 0 saturated carbocycles. The number of hydrogen-bond donors (Lipinski definition) is 0. The number of nitrogens with zero attached hydrogens (tertiary/aromatic N) is 4. The molecule has 0 aromatic heterocycles. The molecule has 0 aliphatic heterocycles. The molecule has 6 heteroatoms. The Bertz CT molecular complexity index is 60.2. The van der Waals surface area contributed by atoms with Gasteiger partial charge < -0.3 is 47.3 Å². The fourth-order valence-electron chi connectivity index (χ4n) is 0. The first kappa shape index (κ1) is 49.7. The zero-order valence-corrected chi connectivity index (χ0v) is 9.29. The summed E-state index contributed by atoms with van der Waals surface area (Å²) < 4.78 is 0. The van der Waals surface area contributed by atoms with Gasteiger partial charge in [-0.3, -0.25) is 0 Å². The van der Waals surface area contributed by atoms with Crippen LogP contribution in [0.3, 0.4) is 0 Å². The van der Waals surface area contributed by atoms with E-state index in [0.717, 1.165) is 0 Å². The Morgan fingerprint density at radius 1 is 0.500 bits per heavy atom. The average molecular weight is 202 g/mol. The van der Waals surface area contributed by atoms with E-state index in [1.807, 2.05) is 0 Å². The molecule has 0 saturated heterocycles. The molecule has 0 rings (SSSR count). The summed E-state index contributed by atoms with van der Waals surface area (Å²) in [5.74, 6) is 0. The molecule has 0 amide bonds. The van der Waals surface area contributed by atoms with Gasteiger partial charge in [-0.05, 0) is 0 Å². The quantitative estimate of drug-likeness (QED) is 0.317. The van der Waals surface area contributed by atoms with Crippen LogP contribution in [0.2, 0.25) is 0 Å². The first-order chi connectivity index (χ1) is 4.00. The summed E-state index contributed by atoms with van der Waals surface area (Å²) >= 11 is 0. The van der Waals surface area contributed by atoms with Crippen molar-refractivity contribution in [3.8, 4) is 0 Å². The fraction of sp³-hybridized carbons (Fsp3) is 0. The Morgan fingerprint density at radius 3 is 0.500 bits per heavy atom. The first-order valence-electron chi connectivity index (χ1n) is 0.894. The second-order valence-corrected chi connectivity index (χ2v) is 0. The van der Waals surface area contributed by atoms with Crippen LogP contribution in [0.4, 0.5) is 0 Å². The van der Waals surface area contributed by atoms with E-state index in [2.05, 4.69) is 0 Å². The summed E-state index contributed by atoms with van der Waals surface area (Å²) in [7, 11) is 0. The predicted molar refractivity (Wildman–Crippen MR) is 19.9 cm³/mol. The molecule has 0 spiro atoms. The summed E-state index contributed by atoms with van der Waals surface area (Å²) in [5.41, 5.74) is 0. The van der Waals surface area contributed by atoms with Gasteiger partial charge in [-0.1, -0.05) is 0 Å². The maximum Gasteiger partial charge on any atom is 3.00 e. The zero-order valence-electron chi connectivity index (χ0n) is 5.12. The van der Waals surface area contributed by atoms with Crippen LogP contribution in [0.5, 0.6) is 0 Å². The second-order valence-electron chi connectivity index (χ2n) is 0. The standard InChI is InChI=1S/4CN.Co.K/c4*1-2;;/q4*-1;+3;+1. The van der Waals surface area contributed by atoms with Crippen molar-refractivity contribution in [1.29, 1.82) is 21.0 Å². The van der Waals surface area contributed by atoms with Gasteiger partial charge in [0.2, 0.25) is 0 Å². The topological polar surface area (TPSA) is 95.2 Å². The van der Waals surface area contributed by atoms with Crippen LogP contribution in [-0.2, 0) is 16.8 Å². The first-order valence-corrected chi connectivity index (χ1v) is 0.894. The largest absolute Gasteiger partial charge is 3.00 e. The van der Waals surface area contributed by atoms with Gasteiger partial charge in [-0.25, -0.2) is 0 Å². The second kappa shape index (κ2) is 56500. The molecule has 0 unspecified atom stereocenters. The van der Waals surface area contributed by atoms with Crippen LogP contribution in [0.15, 0.2) is 0 Å². The van der Waals surface area contributed by atoms with E-state index in [9.17, 15) is 0 Å². The van der Waals surface area contributed by atoms with E-state index in [4.69, 9.17) is 47.3 Å². The van der Waals surface area contributed by atoms with Gasteiger partial charge in [0, 0.05) is 0 Å². The third-order valence-corrected chi connectivity index (χ3v) is 0. The number of hydrogen-bond acceptors (Lipinski definition) is 4. The Hall–Kier alpha value is 0.103. The van der Waals surface area contributed by atoms with E-state index >= 15 is 0 Å². The summed E-state index contributed by atoms with van der Waals surface area (Å²) in [4.78, 5) is 0. The van der Waals surface area contributed by atoms with Crippen molar-refractivity contribution >= 4 is 0 Å². The van der Waals surface area contributed by atoms with Crippen molar-refractivity contribution in [3.63, 3.8) is 0 Å². The van der Waals surface area contributed by atoms with Crippen molar-refractivity contribution in [1.82, 2.24) is 0 Å². The van der Waals surface area contributed by atoms with Crippen LogP contribution in [-0.4, -0.2) is 0 Å². The molecule has 0 aromatic rings. The van der Waals surface area contributed by atoms with E-state index in [1.54, 1.807) is 0 Å². The fourth-order valence-corrected chi connectivity index (χ4v) is 0. The van der Waals surface area contributed by atoms with Crippen molar-refractivity contribution in [2.24, 2.45) is 0 Å².